The maximum absolute atomic E-state index is 12.7. The van der Waals surface area contributed by atoms with Crippen molar-refractivity contribution in [1.29, 1.82) is 0 Å². The Labute approximate surface area is 150 Å². The first kappa shape index (κ1) is 20.5. The van der Waals surface area contributed by atoms with E-state index < -0.39 is 17.7 Å². The van der Waals surface area contributed by atoms with Crippen LogP contribution in [0.5, 0.6) is 0 Å². The van der Waals surface area contributed by atoms with E-state index in [1.807, 2.05) is 0 Å². The lowest BCUT2D eigenvalue weighted by Crippen LogP contribution is -2.36. The molecule has 0 unspecified atom stereocenters. The number of halogens is 3. The minimum absolute atomic E-state index is 0.0425. The van der Waals surface area contributed by atoms with Gasteiger partial charge in [-0.05, 0) is 31.6 Å². The zero-order valence-electron chi connectivity index (χ0n) is 15.3. The quantitative estimate of drug-likeness (QED) is 0.796. The van der Waals surface area contributed by atoms with Gasteiger partial charge in [-0.3, -0.25) is 9.36 Å². The fourth-order valence-electron chi connectivity index (χ4n) is 3.52. The number of rotatable bonds is 7. The first-order valence-corrected chi connectivity index (χ1v) is 9.22. The zero-order chi connectivity index (χ0) is 19.3. The van der Waals surface area contributed by atoms with E-state index in [-0.39, 0.29) is 24.9 Å². The van der Waals surface area contributed by atoms with Crippen molar-refractivity contribution in [2.75, 3.05) is 6.54 Å². The van der Waals surface area contributed by atoms with Gasteiger partial charge in [-0.2, -0.15) is 13.2 Å². The highest BCUT2D eigenvalue weighted by molar-refractivity contribution is 5.78. The lowest BCUT2D eigenvalue weighted by atomic mass is 9.79. The van der Waals surface area contributed by atoms with Crippen LogP contribution in [0.1, 0.15) is 57.7 Å². The summed E-state index contributed by atoms with van der Waals surface area (Å²) in [6, 6.07) is 0. The van der Waals surface area contributed by atoms with Gasteiger partial charge in [0.25, 0.3) is 0 Å². The Kier molecular flexibility index (Phi) is 6.88. The highest BCUT2D eigenvalue weighted by atomic mass is 19.4. The van der Waals surface area contributed by atoms with Crippen molar-refractivity contribution in [3.63, 3.8) is 0 Å². The number of amides is 1. The van der Waals surface area contributed by atoms with Crippen LogP contribution in [0.3, 0.4) is 0 Å². The highest BCUT2D eigenvalue weighted by Gasteiger charge is 2.38. The average Bonchev–Trinajstić information content (AvgIpc) is 2.89. The predicted molar refractivity (Wildman–Crippen MR) is 90.5 cm³/mol. The van der Waals surface area contributed by atoms with Gasteiger partial charge in [0, 0.05) is 19.5 Å². The van der Waals surface area contributed by atoms with Crippen LogP contribution in [0.15, 0.2) is 4.79 Å². The van der Waals surface area contributed by atoms with E-state index in [0.29, 0.717) is 10.5 Å². The lowest BCUT2D eigenvalue weighted by Gasteiger charge is -2.27. The molecule has 0 aromatic carbocycles. The summed E-state index contributed by atoms with van der Waals surface area (Å²) in [5.74, 6) is -0.663. The third-order valence-electron chi connectivity index (χ3n) is 5.10. The summed E-state index contributed by atoms with van der Waals surface area (Å²) in [5, 5.41) is 6.04. The number of carbonyl (C=O) groups is 1. The minimum Gasteiger partial charge on any atom is -0.354 e. The van der Waals surface area contributed by atoms with Crippen LogP contribution in [-0.4, -0.2) is 26.8 Å². The Hall–Kier alpha value is -1.80. The molecule has 26 heavy (non-hydrogen) atoms. The number of carbonyl (C=O) groups excluding carboxylic acids is 1. The van der Waals surface area contributed by atoms with Crippen LogP contribution in [0.2, 0.25) is 0 Å². The van der Waals surface area contributed by atoms with Crippen molar-refractivity contribution in [1.82, 2.24) is 19.7 Å². The Bertz CT molecular complexity index is 658. The summed E-state index contributed by atoms with van der Waals surface area (Å²) in [6.45, 7) is 2.17. The van der Waals surface area contributed by atoms with E-state index in [1.54, 1.807) is 0 Å². The number of unbranched alkanes of at least 4 members (excludes halogenated alkanes) is 1. The Morgan fingerprint density at radius 2 is 1.92 bits per heavy atom. The summed E-state index contributed by atoms with van der Waals surface area (Å²) in [5.41, 5.74) is -0.844. The number of hydrogen-bond donors (Lipinski definition) is 1. The van der Waals surface area contributed by atoms with E-state index >= 15 is 0 Å². The standard InChI is InChI=1S/C17H27F3N4O2/c1-3-4-5-12-6-8-13(9-7-12)14(25)21-10-11-24-16(26)23(2)15(22-24)17(18,19)20/h12-13H,3-11H2,1-2H3,(H,21,25). The van der Waals surface area contributed by atoms with Crippen molar-refractivity contribution in [2.45, 2.75) is 64.6 Å². The van der Waals surface area contributed by atoms with Crippen LogP contribution in [-0.2, 0) is 24.6 Å². The average molecular weight is 376 g/mol. The van der Waals surface area contributed by atoms with Crippen molar-refractivity contribution in [2.24, 2.45) is 18.9 Å². The maximum atomic E-state index is 12.7. The molecule has 9 heteroatoms. The molecule has 0 saturated heterocycles. The summed E-state index contributed by atoms with van der Waals surface area (Å²) < 4.78 is 39.4. The number of aromatic nitrogens is 3. The molecule has 1 amide bonds. The maximum Gasteiger partial charge on any atom is 0.451 e. The fourth-order valence-corrected chi connectivity index (χ4v) is 3.52. The van der Waals surface area contributed by atoms with Crippen LogP contribution in [0.4, 0.5) is 13.2 Å². The topological polar surface area (TPSA) is 68.9 Å². The molecule has 0 bridgehead atoms. The first-order valence-electron chi connectivity index (χ1n) is 9.22. The van der Waals surface area contributed by atoms with Crippen LogP contribution >= 0.6 is 0 Å². The zero-order valence-corrected chi connectivity index (χ0v) is 15.3. The predicted octanol–water partition coefficient (Wildman–Crippen LogP) is 2.71. The smallest absolute Gasteiger partial charge is 0.354 e. The van der Waals surface area contributed by atoms with Gasteiger partial charge in [-0.25, -0.2) is 9.48 Å². The summed E-state index contributed by atoms with van der Waals surface area (Å²) in [7, 11) is 1.03. The van der Waals surface area contributed by atoms with Gasteiger partial charge in [0.2, 0.25) is 11.7 Å². The molecule has 6 nitrogen and oxygen atoms in total. The van der Waals surface area contributed by atoms with Crippen LogP contribution in [0, 0.1) is 11.8 Å². The van der Waals surface area contributed by atoms with E-state index in [1.165, 1.54) is 19.3 Å². The van der Waals surface area contributed by atoms with Gasteiger partial charge in [-0.1, -0.05) is 26.2 Å². The third-order valence-corrected chi connectivity index (χ3v) is 5.10. The Morgan fingerprint density at radius 1 is 1.27 bits per heavy atom. The van der Waals surface area contributed by atoms with Gasteiger partial charge in [0.05, 0.1) is 6.54 Å². The summed E-state index contributed by atoms with van der Waals surface area (Å²) in [6.07, 6.45) is 2.74. The number of hydrogen-bond acceptors (Lipinski definition) is 3. The van der Waals surface area contributed by atoms with Gasteiger partial charge < -0.3 is 5.32 Å². The molecule has 2 rings (SSSR count). The first-order chi connectivity index (χ1) is 12.2. The van der Waals surface area contributed by atoms with Crippen LogP contribution in [0.25, 0.3) is 0 Å². The molecule has 1 N–H and O–H groups in total. The molecule has 1 aliphatic rings. The summed E-state index contributed by atoms with van der Waals surface area (Å²) >= 11 is 0. The molecule has 148 valence electrons. The molecular formula is C17H27F3N4O2. The lowest BCUT2D eigenvalue weighted by molar-refractivity contribution is -0.147. The molecule has 1 aromatic rings. The third kappa shape index (κ3) is 5.11. The Morgan fingerprint density at radius 3 is 2.46 bits per heavy atom. The van der Waals surface area contributed by atoms with Gasteiger partial charge in [0.1, 0.15) is 0 Å². The monoisotopic (exact) mass is 376 g/mol. The van der Waals surface area contributed by atoms with Crippen molar-refractivity contribution >= 4 is 5.91 Å². The normalized spacial score (nSPS) is 21.0. The van der Waals surface area contributed by atoms with Crippen molar-refractivity contribution in [3.05, 3.63) is 16.3 Å². The fraction of sp³-hybridized carbons (Fsp3) is 0.824. The highest BCUT2D eigenvalue weighted by Crippen LogP contribution is 2.32. The van der Waals surface area contributed by atoms with Gasteiger partial charge >= 0.3 is 11.9 Å². The second-order valence-electron chi connectivity index (χ2n) is 7.04. The van der Waals surface area contributed by atoms with E-state index in [0.717, 1.165) is 37.4 Å². The number of nitrogens with zero attached hydrogens (tertiary/aromatic N) is 3. The van der Waals surface area contributed by atoms with Gasteiger partial charge in [-0.15, -0.1) is 5.10 Å². The van der Waals surface area contributed by atoms with E-state index in [2.05, 4.69) is 17.3 Å². The van der Waals surface area contributed by atoms with Gasteiger partial charge in [0.15, 0.2) is 0 Å². The molecule has 1 fully saturated rings. The molecule has 0 spiro atoms. The number of nitrogens with one attached hydrogen (secondary N) is 1. The van der Waals surface area contributed by atoms with Crippen molar-refractivity contribution in [3.8, 4) is 0 Å². The molecule has 1 aromatic heterocycles. The Balaban J connectivity index is 1.80. The molecular weight excluding hydrogens is 349 g/mol. The van der Waals surface area contributed by atoms with Crippen LogP contribution < -0.4 is 11.0 Å². The minimum atomic E-state index is -4.68. The molecule has 1 saturated carbocycles. The largest absolute Gasteiger partial charge is 0.451 e. The van der Waals surface area contributed by atoms with E-state index in [9.17, 15) is 22.8 Å². The SMILES string of the molecule is CCCCC1CCC(C(=O)NCCn2nc(C(F)(F)F)n(C)c2=O)CC1. The second-order valence-corrected chi connectivity index (χ2v) is 7.04. The molecule has 0 atom stereocenters. The van der Waals surface area contributed by atoms with Crippen molar-refractivity contribution < 1.29 is 18.0 Å². The molecule has 1 aliphatic carbocycles. The molecule has 0 aliphatic heterocycles. The molecule has 0 radical (unpaired) electrons. The van der Waals surface area contributed by atoms with E-state index in [4.69, 9.17) is 0 Å². The number of alkyl halides is 3. The summed E-state index contributed by atoms with van der Waals surface area (Å²) in [4.78, 5) is 24.0. The second kappa shape index (κ2) is 8.73. The molecule has 1 heterocycles.